The summed E-state index contributed by atoms with van der Waals surface area (Å²) in [6, 6.07) is -0.988. The summed E-state index contributed by atoms with van der Waals surface area (Å²) in [5, 5.41) is 14.0. The summed E-state index contributed by atoms with van der Waals surface area (Å²) in [5.74, 6) is -0.270. The molecule has 2 aliphatic rings. The second-order valence-corrected chi connectivity index (χ2v) is 7.14. The lowest BCUT2D eigenvalue weighted by Gasteiger charge is -2.47. The molecule has 2 rings (SSSR count). The second-order valence-electron chi connectivity index (χ2n) is 7.14. The first-order chi connectivity index (χ1) is 12.4. The van der Waals surface area contributed by atoms with Gasteiger partial charge in [-0.05, 0) is 32.7 Å². The molecule has 152 valence electrons. The number of carbonyl (C=O) groups excluding carboxylic acids is 1. The van der Waals surface area contributed by atoms with Gasteiger partial charge in [0.2, 0.25) is 5.91 Å². The van der Waals surface area contributed by atoms with Crippen molar-refractivity contribution < 1.29 is 24.1 Å². The molecule has 1 amide bonds. The van der Waals surface area contributed by atoms with Gasteiger partial charge in [0.1, 0.15) is 12.2 Å². The zero-order valence-corrected chi connectivity index (χ0v) is 16.0. The topological polar surface area (TPSA) is 132 Å². The Balaban J connectivity index is 2.08. The fourth-order valence-electron chi connectivity index (χ4n) is 3.93. The molecule has 0 aromatic heterocycles. The maximum atomic E-state index is 12.0. The number of nitrogens with two attached hydrogens (primary N) is 2. The van der Waals surface area contributed by atoms with Crippen LogP contribution in [0.2, 0.25) is 0 Å². The maximum Gasteiger partial charge on any atom is 0.236 e. The smallest absolute Gasteiger partial charge is 0.236 e. The highest BCUT2D eigenvalue weighted by Gasteiger charge is 2.47. The summed E-state index contributed by atoms with van der Waals surface area (Å²) < 4.78 is 17.5. The fraction of sp³-hybridized carbons (Fsp3) is 0.941. The van der Waals surface area contributed by atoms with E-state index in [1.165, 1.54) is 4.90 Å². The molecule has 0 bridgehead atoms. The van der Waals surface area contributed by atoms with Crippen molar-refractivity contribution in [1.29, 1.82) is 0 Å². The zero-order valence-electron chi connectivity index (χ0n) is 16.0. The number of likely N-dealkylation sites (N-methyl/N-ethyl adjacent to an activating group) is 2. The maximum absolute atomic E-state index is 12.0. The molecule has 1 aliphatic carbocycles. The van der Waals surface area contributed by atoms with Crippen LogP contribution >= 0.6 is 0 Å². The molecule has 1 heterocycles. The summed E-state index contributed by atoms with van der Waals surface area (Å²) >= 11 is 0. The molecule has 0 unspecified atom stereocenters. The first kappa shape index (κ1) is 21.5. The Morgan fingerprint density at radius 1 is 1.42 bits per heavy atom. The number of ether oxygens (including phenoxy) is 3. The SMILES string of the molecule is CNC[C@@H]1CCC[C@@H](O[C@H]2[C@H](O)[C@H](N(C)C(=O)CN)[C@@H](OC)C[C@@H]2N)O1. The van der Waals surface area contributed by atoms with E-state index in [0.717, 1.165) is 25.8 Å². The quantitative estimate of drug-likeness (QED) is 0.418. The Hall–Kier alpha value is -0.810. The average molecular weight is 374 g/mol. The van der Waals surface area contributed by atoms with E-state index >= 15 is 0 Å². The number of nitrogens with one attached hydrogen (secondary N) is 1. The molecule has 26 heavy (non-hydrogen) atoms. The van der Waals surface area contributed by atoms with Gasteiger partial charge >= 0.3 is 0 Å². The van der Waals surface area contributed by atoms with Gasteiger partial charge in [-0.1, -0.05) is 0 Å². The molecular formula is C17H34N4O5. The third-order valence-electron chi connectivity index (χ3n) is 5.36. The molecule has 0 radical (unpaired) electrons. The van der Waals surface area contributed by atoms with Crippen molar-refractivity contribution in [2.45, 2.75) is 68.5 Å². The van der Waals surface area contributed by atoms with E-state index in [1.54, 1.807) is 14.2 Å². The molecule has 0 aromatic carbocycles. The van der Waals surface area contributed by atoms with Crippen LogP contribution in [-0.2, 0) is 19.0 Å². The van der Waals surface area contributed by atoms with Gasteiger partial charge in [0.25, 0.3) is 0 Å². The van der Waals surface area contributed by atoms with Crippen LogP contribution in [0.5, 0.6) is 0 Å². The number of hydrogen-bond donors (Lipinski definition) is 4. The zero-order chi connectivity index (χ0) is 19.3. The van der Waals surface area contributed by atoms with Crippen molar-refractivity contribution in [1.82, 2.24) is 10.2 Å². The second kappa shape index (κ2) is 9.93. The predicted octanol–water partition coefficient (Wildman–Crippen LogP) is -1.62. The highest BCUT2D eigenvalue weighted by molar-refractivity contribution is 5.78. The lowest BCUT2D eigenvalue weighted by atomic mass is 9.83. The van der Waals surface area contributed by atoms with E-state index in [2.05, 4.69) is 5.32 Å². The van der Waals surface area contributed by atoms with Gasteiger partial charge in [0.05, 0.1) is 24.8 Å². The van der Waals surface area contributed by atoms with Crippen molar-refractivity contribution in [3.63, 3.8) is 0 Å². The molecule has 9 nitrogen and oxygen atoms in total. The summed E-state index contributed by atoms with van der Waals surface area (Å²) in [6.07, 6.45) is 0.846. The molecule has 1 aliphatic heterocycles. The molecule has 2 fully saturated rings. The highest BCUT2D eigenvalue weighted by atomic mass is 16.7. The first-order valence-corrected chi connectivity index (χ1v) is 9.30. The Morgan fingerprint density at radius 2 is 2.15 bits per heavy atom. The molecule has 1 saturated carbocycles. The van der Waals surface area contributed by atoms with Gasteiger partial charge in [-0.2, -0.15) is 0 Å². The number of nitrogens with zero attached hydrogens (tertiary/aromatic N) is 1. The van der Waals surface area contributed by atoms with Gasteiger partial charge in [-0.25, -0.2) is 0 Å². The summed E-state index contributed by atoms with van der Waals surface area (Å²) in [4.78, 5) is 13.5. The van der Waals surface area contributed by atoms with Crippen LogP contribution in [0.3, 0.4) is 0 Å². The Morgan fingerprint density at radius 3 is 2.77 bits per heavy atom. The number of methoxy groups -OCH3 is 1. The summed E-state index contributed by atoms with van der Waals surface area (Å²) in [5.41, 5.74) is 11.7. The van der Waals surface area contributed by atoms with E-state index < -0.39 is 30.6 Å². The predicted molar refractivity (Wildman–Crippen MR) is 96.3 cm³/mol. The first-order valence-electron chi connectivity index (χ1n) is 9.30. The summed E-state index contributed by atoms with van der Waals surface area (Å²) in [7, 11) is 5.04. The highest BCUT2D eigenvalue weighted by Crippen LogP contribution is 2.30. The van der Waals surface area contributed by atoms with E-state index in [9.17, 15) is 9.90 Å². The number of hydrogen-bond acceptors (Lipinski definition) is 8. The number of aliphatic hydroxyl groups excluding tert-OH is 1. The normalized spacial score (nSPS) is 38.2. The minimum atomic E-state index is -0.988. The van der Waals surface area contributed by atoms with Gasteiger partial charge in [-0.15, -0.1) is 0 Å². The standard InChI is InChI=1S/C17H34N4O5/c1-20-9-10-5-4-6-14(25-10)26-17-11(19)7-12(24-3)15(16(17)23)21(2)13(22)8-18/h10-12,14-17,20,23H,4-9,18-19H2,1-3H3/t10-,11-,12-,14+,15+,16+,17+/m0/s1. The molecule has 6 N–H and O–H groups in total. The largest absolute Gasteiger partial charge is 0.388 e. The monoisotopic (exact) mass is 374 g/mol. The van der Waals surface area contributed by atoms with E-state index in [4.69, 9.17) is 25.7 Å². The van der Waals surface area contributed by atoms with Gasteiger partial charge in [0.15, 0.2) is 6.29 Å². The molecule has 7 atom stereocenters. The van der Waals surface area contributed by atoms with E-state index in [0.29, 0.717) is 6.42 Å². The van der Waals surface area contributed by atoms with Crippen molar-refractivity contribution in [2.75, 3.05) is 34.3 Å². The minimum Gasteiger partial charge on any atom is -0.388 e. The van der Waals surface area contributed by atoms with Crippen molar-refractivity contribution >= 4 is 5.91 Å². The van der Waals surface area contributed by atoms with Crippen LogP contribution in [-0.4, -0.2) is 93.0 Å². The van der Waals surface area contributed by atoms with Crippen LogP contribution in [0, 0.1) is 0 Å². The third-order valence-corrected chi connectivity index (χ3v) is 5.36. The van der Waals surface area contributed by atoms with Gasteiger partial charge in [0, 0.05) is 26.7 Å². The number of carbonyl (C=O) groups is 1. The van der Waals surface area contributed by atoms with Crippen LogP contribution in [0.25, 0.3) is 0 Å². The van der Waals surface area contributed by atoms with Crippen molar-refractivity contribution in [2.24, 2.45) is 11.5 Å². The Kier molecular flexibility index (Phi) is 8.21. The summed E-state index contributed by atoms with van der Waals surface area (Å²) in [6.45, 7) is 0.617. The molecule has 0 aromatic rings. The van der Waals surface area contributed by atoms with Gasteiger partial charge in [-0.3, -0.25) is 4.79 Å². The van der Waals surface area contributed by atoms with Crippen LogP contribution < -0.4 is 16.8 Å². The number of rotatable bonds is 7. The van der Waals surface area contributed by atoms with Crippen LogP contribution in [0.4, 0.5) is 0 Å². The molecule has 0 spiro atoms. The Labute approximate surface area is 155 Å². The third kappa shape index (κ3) is 4.92. The number of aliphatic hydroxyl groups is 1. The van der Waals surface area contributed by atoms with E-state index in [1.807, 2.05) is 7.05 Å². The molecular weight excluding hydrogens is 340 g/mol. The van der Waals surface area contributed by atoms with Gasteiger partial charge < -0.3 is 41.0 Å². The van der Waals surface area contributed by atoms with Crippen LogP contribution in [0.15, 0.2) is 0 Å². The fourth-order valence-corrected chi connectivity index (χ4v) is 3.93. The van der Waals surface area contributed by atoms with E-state index in [-0.39, 0.29) is 24.7 Å². The average Bonchev–Trinajstić information content (AvgIpc) is 2.64. The van der Waals surface area contributed by atoms with Crippen molar-refractivity contribution in [3.05, 3.63) is 0 Å². The minimum absolute atomic E-state index is 0.0831. The molecule has 9 heteroatoms. The molecule has 1 saturated heterocycles. The van der Waals surface area contributed by atoms with Crippen LogP contribution in [0.1, 0.15) is 25.7 Å². The lowest BCUT2D eigenvalue weighted by molar-refractivity contribution is -0.248. The number of amides is 1. The Bertz CT molecular complexity index is 453. The van der Waals surface area contributed by atoms with Crippen molar-refractivity contribution in [3.8, 4) is 0 Å². The lowest BCUT2D eigenvalue weighted by Crippen LogP contribution is -2.66.